The first-order valence-electron chi connectivity index (χ1n) is 4.93. The smallest absolute Gasteiger partial charge is 0.0625 e. The molecule has 0 saturated heterocycles. The number of hydrogen-bond acceptors (Lipinski definition) is 1. The van der Waals surface area contributed by atoms with Crippen molar-refractivity contribution in [1.82, 2.24) is 0 Å². The van der Waals surface area contributed by atoms with Crippen LogP contribution in [0.3, 0.4) is 0 Å². The Kier molecular flexibility index (Phi) is 5.14. The van der Waals surface area contributed by atoms with Crippen LogP contribution in [0.15, 0.2) is 41.6 Å². The number of nitrogens with zero attached hydrogens (tertiary/aromatic N) is 1. The Bertz CT molecular complexity index is 272. The second kappa shape index (κ2) is 5.58. The highest BCUT2D eigenvalue weighted by molar-refractivity contribution is 5.88. The lowest BCUT2D eigenvalue weighted by Crippen LogP contribution is -2.16. The van der Waals surface area contributed by atoms with E-state index in [1.807, 2.05) is 25.2 Å². The third kappa shape index (κ3) is 4.80. The summed E-state index contributed by atoms with van der Waals surface area (Å²) in [7, 11) is 0. The summed E-state index contributed by atoms with van der Waals surface area (Å²) in [6.07, 6.45) is 7.63. The minimum Gasteiger partial charge on any atom is -0.258 e. The van der Waals surface area contributed by atoms with Crippen LogP contribution in [-0.2, 0) is 0 Å². The Hall–Kier alpha value is -1.11. The predicted octanol–water partition coefficient (Wildman–Crippen LogP) is 4.14. The van der Waals surface area contributed by atoms with Gasteiger partial charge in [-0.05, 0) is 31.4 Å². The predicted molar refractivity (Wildman–Crippen MR) is 65.7 cm³/mol. The molecule has 0 aromatic heterocycles. The van der Waals surface area contributed by atoms with E-state index in [1.165, 1.54) is 0 Å². The molecule has 0 aromatic rings. The summed E-state index contributed by atoms with van der Waals surface area (Å²) in [4.78, 5) is 4.55. The van der Waals surface area contributed by atoms with Gasteiger partial charge >= 0.3 is 0 Å². The highest BCUT2D eigenvalue weighted by Crippen LogP contribution is 2.17. The van der Waals surface area contributed by atoms with Crippen LogP contribution >= 0.6 is 0 Å². The van der Waals surface area contributed by atoms with Crippen molar-refractivity contribution in [2.75, 3.05) is 0 Å². The molecule has 1 heteroatoms. The second-order valence-electron chi connectivity index (χ2n) is 4.27. The molecule has 0 aromatic carbocycles. The Morgan fingerprint density at radius 1 is 1.29 bits per heavy atom. The fourth-order valence-electron chi connectivity index (χ4n) is 0.783. The van der Waals surface area contributed by atoms with Gasteiger partial charge in [-0.2, -0.15) is 0 Å². The third-order valence-electron chi connectivity index (χ3n) is 2.01. The van der Waals surface area contributed by atoms with Gasteiger partial charge in [0.2, 0.25) is 0 Å². The van der Waals surface area contributed by atoms with Crippen molar-refractivity contribution in [2.24, 2.45) is 10.4 Å². The second-order valence-corrected chi connectivity index (χ2v) is 4.27. The van der Waals surface area contributed by atoms with E-state index in [1.54, 1.807) is 6.08 Å². The molecule has 0 radical (unpaired) electrons. The van der Waals surface area contributed by atoms with Crippen LogP contribution in [-0.4, -0.2) is 5.71 Å². The fraction of sp³-hybridized carbons (Fsp3) is 0.462. The lowest BCUT2D eigenvalue weighted by atomic mass is 9.91. The summed E-state index contributed by atoms with van der Waals surface area (Å²) in [6, 6.07) is 0. The van der Waals surface area contributed by atoms with E-state index in [-0.39, 0.29) is 5.41 Å². The molecule has 0 rings (SSSR count). The van der Waals surface area contributed by atoms with Gasteiger partial charge < -0.3 is 0 Å². The fourth-order valence-corrected chi connectivity index (χ4v) is 0.783. The minimum atomic E-state index is 0.127. The molecule has 0 atom stereocenters. The van der Waals surface area contributed by atoms with Crippen molar-refractivity contribution in [3.63, 3.8) is 0 Å². The molecule has 0 fully saturated rings. The molecule has 0 spiro atoms. The van der Waals surface area contributed by atoms with E-state index in [4.69, 9.17) is 0 Å². The van der Waals surface area contributed by atoms with Gasteiger partial charge in [0.1, 0.15) is 0 Å². The number of hydrogen-bond donors (Lipinski definition) is 0. The molecule has 1 nitrogen and oxygen atoms in total. The van der Waals surface area contributed by atoms with Gasteiger partial charge in [-0.3, -0.25) is 4.99 Å². The third-order valence-corrected chi connectivity index (χ3v) is 2.01. The molecule has 0 N–H and O–H groups in total. The van der Waals surface area contributed by atoms with Crippen LogP contribution in [0.25, 0.3) is 0 Å². The average molecular weight is 191 g/mol. The summed E-state index contributed by atoms with van der Waals surface area (Å²) >= 11 is 0. The van der Waals surface area contributed by atoms with Crippen molar-refractivity contribution in [1.29, 1.82) is 0 Å². The molecular formula is C13H21N. The molecule has 0 unspecified atom stereocenters. The molecule has 0 aliphatic rings. The van der Waals surface area contributed by atoms with Gasteiger partial charge in [0.15, 0.2) is 0 Å². The van der Waals surface area contributed by atoms with Crippen molar-refractivity contribution < 1.29 is 0 Å². The van der Waals surface area contributed by atoms with Crippen LogP contribution in [0.1, 0.15) is 34.6 Å². The zero-order chi connectivity index (χ0) is 11.2. The summed E-state index contributed by atoms with van der Waals surface area (Å²) in [5, 5.41) is 0. The van der Waals surface area contributed by atoms with Crippen LogP contribution in [0.2, 0.25) is 0 Å². The largest absolute Gasteiger partial charge is 0.258 e. The van der Waals surface area contributed by atoms with Crippen molar-refractivity contribution >= 4 is 5.71 Å². The van der Waals surface area contributed by atoms with Gasteiger partial charge in [-0.15, -0.1) is 0 Å². The lowest BCUT2D eigenvalue weighted by molar-refractivity contribution is 0.587. The van der Waals surface area contributed by atoms with Gasteiger partial charge in [-0.25, -0.2) is 0 Å². The van der Waals surface area contributed by atoms with E-state index in [0.717, 1.165) is 11.4 Å². The average Bonchev–Trinajstić information content (AvgIpc) is 2.03. The summed E-state index contributed by atoms with van der Waals surface area (Å²) in [6.45, 7) is 14.2. The minimum absolute atomic E-state index is 0.127. The highest BCUT2D eigenvalue weighted by atomic mass is 14.8. The first-order chi connectivity index (χ1) is 6.41. The number of aliphatic imine (C=N–C) groups is 1. The first kappa shape index (κ1) is 12.9. The topological polar surface area (TPSA) is 12.4 Å². The van der Waals surface area contributed by atoms with Crippen molar-refractivity contribution in [3.05, 3.63) is 36.6 Å². The van der Waals surface area contributed by atoms with E-state index in [9.17, 15) is 0 Å². The number of rotatable bonds is 3. The van der Waals surface area contributed by atoms with E-state index in [0.29, 0.717) is 0 Å². The molecule has 0 saturated carbocycles. The quantitative estimate of drug-likeness (QED) is 0.469. The standard InChI is InChI=1S/C13H21N/c1-7-9-12(10-8-2)14-11(3)13(4,5)6/h7-10H,1H2,2-6H3/b10-8+,12-9-,14-11?. The maximum absolute atomic E-state index is 4.55. The maximum Gasteiger partial charge on any atom is 0.0625 e. The normalized spacial score (nSPS) is 14.9. The Balaban J connectivity index is 4.92. The Morgan fingerprint density at radius 3 is 2.21 bits per heavy atom. The van der Waals surface area contributed by atoms with Gasteiger partial charge in [-0.1, -0.05) is 39.5 Å². The molecule has 0 bridgehead atoms. The zero-order valence-electron chi connectivity index (χ0n) is 9.96. The highest BCUT2D eigenvalue weighted by Gasteiger charge is 2.13. The van der Waals surface area contributed by atoms with Crippen LogP contribution in [0.4, 0.5) is 0 Å². The molecule has 0 aliphatic heterocycles. The molecule has 78 valence electrons. The van der Waals surface area contributed by atoms with E-state index < -0.39 is 0 Å². The van der Waals surface area contributed by atoms with Crippen LogP contribution in [0.5, 0.6) is 0 Å². The first-order valence-corrected chi connectivity index (χ1v) is 4.93. The maximum atomic E-state index is 4.55. The van der Waals surface area contributed by atoms with Crippen molar-refractivity contribution in [3.8, 4) is 0 Å². The summed E-state index contributed by atoms with van der Waals surface area (Å²) in [5.74, 6) is 0. The summed E-state index contributed by atoms with van der Waals surface area (Å²) < 4.78 is 0. The Morgan fingerprint density at radius 2 is 1.86 bits per heavy atom. The van der Waals surface area contributed by atoms with Crippen LogP contribution < -0.4 is 0 Å². The molecule has 0 amide bonds. The van der Waals surface area contributed by atoms with E-state index in [2.05, 4.69) is 39.3 Å². The zero-order valence-corrected chi connectivity index (χ0v) is 9.96. The van der Waals surface area contributed by atoms with Crippen molar-refractivity contribution in [2.45, 2.75) is 34.6 Å². The van der Waals surface area contributed by atoms with Gasteiger partial charge in [0, 0.05) is 5.71 Å². The lowest BCUT2D eigenvalue weighted by Gasteiger charge is -2.17. The molecule has 0 aliphatic carbocycles. The van der Waals surface area contributed by atoms with E-state index >= 15 is 0 Å². The molecule has 0 heterocycles. The van der Waals surface area contributed by atoms with Gasteiger partial charge in [0.05, 0.1) is 5.70 Å². The number of allylic oxidation sites excluding steroid dienone is 4. The van der Waals surface area contributed by atoms with Gasteiger partial charge in [0.25, 0.3) is 0 Å². The SMILES string of the molecule is C=C/C=C(/C=C/C)N=C(C)C(C)(C)C. The molecule has 14 heavy (non-hydrogen) atoms. The summed E-state index contributed by atoms with van der Waals surface area (Å²) in [5.41, 5.74) is 2.21. The van der Waals surface area contributed by atoms with Crippen LogP contribution in [0, 0.1) is 5.41 Å². The monoisotopic (exact) mass is 191 g/mol. The molecular weight excluding hydrogens is 170 g/mol. The Labute approximate surface area is 87.9 Å².